The summed E-state index contributed by atoms with van der Waals surface area (Å²) in [5.41, 5.74) is 4.70. The van der Waals surface area contributed by atoms with Crippen LogP contribution in [-0.2, 0) is 24.2 Å². The maximum Gasteiger partial charge on any atom is 0.230 e. The van der Waals surface area contributed by atoms with Gasteiger partial charge in [-0.3, -0.25) is 14.3 Å². The number of halogens is 1. The van der Waals surface area contributed by atoms with Crippen LogP contribution in [0.25, 0.3) is 17.1 Å². The summed E-state index contributed by atoms with van der Waals surface area (Å²) in [5.74, 6) is 0.276. The molecule has 1 N–H and O–H groups in total. The van der Waals surface area contributed by atoms with Gasteiger partial charge in [0.2, 0.25) is 5.91 Å². The van der Waals surface area contributed by atoms with E-state index < -0.39 is 0 Å². The fraction of sp³-hybridized carbons (Fsp3) is 0.231. The highest BCUT2D eigenvalue weighted by Gasteiger charge is 2.21. The number of aryl methyl sites for hydroxylation is 2. The highest BCUT2D eigenvalue weighted by atomic mass is 32.2. The first-order valence-corrected chi connectivity index (χ1v) is 12.2. The average molecular weight is 476 g/mol. The quantitative estimate of drug-likeness (QED) is 0.345. The predicted molar refractivity (Wildman–Crippen MR) is 132 cm³/mol. The second kappa shape index (κ2) is 11.1. The van der Waals surface area contributed by atoms with Gasteiger partial charge in [0.25, 0.3) is 0 Å². The predicted octanol–water partition coefficient (Wildman–Crippen LogP) is 5.00. The van der Waals surface area contributed by atoms with E-state index in [-0.39, 0.29) is 24.0 Å². The molecule has 1 amide bonds. The molecule has 0 fully saturated rings. The van der Waals surface area contributed by atoms with Gasteiger partial charge in [0.05, 0.1) is 11.4 Å². The third kappa shape index (κ3) is 5.17. The van der Waals surface area contributed by atoms with Crippen LogP contribution in [0, 0.1) is 5.82 Å². The third-order valence-electron chi connectivity index (χ3n) is 5.51. The van der Waals surface area contributed by atoms with Gasteiger partial charge in [-0.1, -0.05) is 62.0 Å². The summed E-state index contributed by atoms with van der Waals surface area (Å²) >= 11 is 1.31. The summed E-state index contributed by atoms with van der Waals surface area (Å²) in [4.78, 5) is 16.8. The van der Waals surface area contributed by atoms with Crippen LogP contribution in [0.4, 0.5) is 4.39 Å². The number of benzene rings is 2. The van der Waals surface area contributed by atoms with Crippen molar-refractivity contribution in [2.45, 2.75) is 38.4 Å². The molecule has 2 aromatic heterocycles. The number of hydrogen-bond donors (Lipinski definition) is 1. The largest absolute Gasteiger partial charge is 0.351 e. The van der Waals surface area contributed by atoms with E-state index in [1.54, 1.807) is 30.6 Å². The van der Waals surface area contributed by atoms with E-state index in [1.807, 2.05) is 16.7 Å². The van der Waals surface area contributed by atoms with E-state index in [2.05, 4.69) is 52.5 Å². The highest BCUT2D eigenvalue weighted by Crippen LogP contribution is 2.32. The van der Waals surface area contributed by atoms with Gasteiger partial charge < -0.3 is 5.32 Å². The summed E-state index contributed by atoms with van der Waals surface area (Å²) in [6.45, 7) is 4.38. The van der Waals surface area contributed by atoms with Gasteiger partial charge in [-0.15, -0.1) is 10.2 Å². The molecule has 0 aliphatic carbocycles. The molecule has 34 heavy (non-hydrogen) atoms. The summed E-state index contributed by atoms with van der Waals surface area (Å²) < 4.78 is 15.9. The zero-order valence-electron chi connectivity index (χ0n) is 19.2. The van der Waals surface area contributed by atoms with Crippen LogP contribution in [0.3, 0.4) is 0 Å². The van der Waals surface area contributed by atoms with Gasteiger partial charge in [-0.05, 0) is 42.2 Å². The molecule has 0 spiro atoms. The van der Waals surface area contributed by atoms with Crippen LogP contribution in [-0.4, -0.2) is 31.4 Å². The fourth-order valence-electron chi connectivity index (χ4n) is 3.77. The second-order valence-electron chi connectivity index (χ2n) is 7.67. The number of amides is 1. The van der Waals surface area contributed by atoms with Crippen LogP contribution in [0.15, 0.2) is 72.1 Å². The van der Waals surface area contributed by atoms with Crippen molar-refractivity contribution >= 4 is 17.7 Å². The first-order valence-electron chi connectivity index (χ1n) is 11.2. The van der Waals surface area contributed by atoms with Crippen LogP contribution in [0.2, 0.25) is 0 Å². The molecule has 2 aromatic carbocycles. The van der Waals surface area contributed by atoms with Crippen molar-refractivity contribution in [2.24, 2.45) is 0 Å². The van der Waals surface area contributed by atoms with Gasteiger partial charge in [-0.2, -0.15) is 0 Å². The zero-order chi connectivity index (χ0) is 23.9. The molecule has 174 valence electrons. The molecule has 2 heterocycles. The number of rotatable bonds is 9. The van der Waals surface area contributed by atoms with Crippen molar-refractivity contribution in [1.29, 1.82) is 0 Å². The number of carbonyl (C=O) groups is 1. The Bertz CT molecular complexity index is 1250. The molecule has 0 radical (unpaired) electrons. The summed E-state index contributed by atoms with van der Waals surface area (Å²) in [7, 11) is 0. The van der Waals surface area contributed by atoms with Crippen molar-refractivity contribution in [2.75, 3.05) is 5.75 Å². The van der Waals surface area contributed by atoms with Crippen molar-refractivity contribution in [1.82, 2.24) is 25.1 Å². The standard InChI is InChI=1S/C26H26FN5OS/c1-3-18-10-7-11-19(4-2)24(18)32-25(21-12-8-14-28-15-21)30-31-26(32)34-17-23(33)29-16-20-9-5-6-13-22(20)27/h5-15H,3-4,16-17H2,1-2H3,(H,29,33). The number of para-hydroxylation sites is 1. The molecular weight excluding hydrogens is 449 g/mol. The smallest absolute Gasteiger partial charge is 0.230 e. The van der Waals surface area contributed by atoms with E-state index in [0.717, 1.165) is 24.1 Å². The fourth-order valence-corrected chi connectivity index (χ4v) is 4.53. The minimum absolute atomic E-state index is 0.134. The van der Waals surface area contributed by atoms with Crippen molar-refractivity contribution in [3.8, 4) is 17.1 Å². The van der Waals surface area contributed by atoms with E-state index in [1.165, 1.54) is 29.0 Å². The maximum atomic E-state index is 13.9. The first-order chi connectivity index (χ1) is 16.6. The maximum absolute atomic E-state index is 13.9. The van der Waals surface area contributed by atoms with E-state index in [4.69, 9.17) is 0 Å². The molecular formula is C26H26FN5OS. The van der Waals surface area contributed by atoms with Crippen LogP contribution < -0.4 is 5.32 Å². The van der Waals surface area contributed by atoms with Crippen molar-refractivity contribution in [3.63, 3.8) is 0 Å². The van der Waals surface area contributed by atoms with Crippen molar-refractivity contribution in [3.05, 3.63) is 89.5 Å². The Morgan fingerprint density at radius 1 is 0.971 bits per heavy atom. The van der Waals surface area contributed by atoms with Crippen molar-refractivity contribution < 1.29 is 9.18 Å². The molecule has 0 atom stereocenters. The van der Waals surface area contributed by atoms with E-state index in [0.29, 0.717) is 16.5 Å². The van der Waals surface area contributed by atoms with Gasteiger partial charge in [0, 0.05) is 30.1 Å². The number of pyridine rings is 1. The second-order valence-corrected chi connectivity index (χ2v) is 8.61. The lowest BCUT2D eigenvalue weighted by Gasteiger charge is -2.18. The molecule has 4 rings (SSSR count). The van der Waals surface area contributed by atoms with Crippen LogP contribution in [0.5, 0.6) is 0 Å². The average Bonchev–Trinajstić information content (AvgIpc) is 3.30. The van der Waals surface area contributed by atoms with Gasteiger partial charge in [0.15, 0.2) is 11.0 Å². The van der Waals surface area contributed by atoms with Crippen LogP contribution >= 0.6 is 11.8 Å². The molecule has 6 nitrogen and oxygen atoms in total. The van der Waals surface area contributed by atoms with Gasteiger partial charge >= 0.3 is 0 Å². The molecule has 0 saturated heterocycles. The molecule has 8 heteroatoms. The Labute approximate surface area is 202 Å². The molecule has 4 aromatic rings. The Balaban J connectivity index is 1.63. The Morgan fingerprint density at radius 2 is 1.71 bits per heavy atom. The normalized spacial score (nSPS) is 10.9. The number of aromatic nitrogens is 4. The summed E-state index contributed by atoms with van der Waals surface area (Å²) in [5, 5.41) is 12.3. The van der Waals surface area contributed by atoms with Gasteiger partial charge in [-0.25, -0.2) is 4.39 Å². The first kappa shape index (κ1) is 23.6. The van der Waals surface area contributed by atoms with Crippen LogP contribution in [0.1, 0.15) is 30.5 Å². The zero-order valence-corrected chi connectivity index (χ0v) is 20.0. The number of nitrogens with one attached hydrogen (secondary N) is 1. The number of thioether (sulfide) groups is 1. The Hall–Kier alpha value is -3.52. The Kier molecular flexibility index (Phi) is 7.69. The minimum Gasteiger partial charge on any atom is -0.351 e. The molecule has 0 saturated carbocycles. The third-order valence-corrected chi connectivity index (χ3v) is 6.44. The molecule has 0 bridgehead atoms. The molecule has 0 unspecified atom stereocenters. The lowest BCUT2D eigenvalue weighted by Crippen LogP contribution is -2.25. The number of hydrogen-bond acceptors (Lipinski definition) is 5. The van der Waals surface area contributed by atoms with Gasteiger partial charge in [0.1, 0.15) is 5.82 Å². The summed E-state index contributed by atoms with van der Waals surface area (Å²) in [6.07, 6.45) is 5.18. The number of carbonyl (C=O) groups excluding carboxylic acids is 1. The lowest BCUT2D eigenvalue weighted by atomic mass is 10.0. The summed E-state index contributed by atoms with van der Waals surface area (Å²) in [6, 6.07) is 16.5. The lowest BCUT2D eigenvalue weighted by molar-refractivity contribution is -0.118. The van der Waals surface area contributed by atoms with E-state index in [9.17, 15) is 9.18 Å². The monoisotopic (exact) mass is 475 g/mol. The molecule has 0 aliphatic rings. The SMILES string of the molecule is CCc1cccc(CC)c1-n1c(SCC(=O)NCc2ccccc2F)nnc1-c1cccnc1. The van der Waals surface area contributed by atoms with E-state index >= 15 is 0 Å². The highest BCUT2D eigenvalue weighted by molar-refractivity contribution is 7.99. The molecule has 0 aliphatic heterocycles. The topological polar surface area (TPSA) is 72.7 Å². The number of nitrogens with zero attached hydrogens (tertiary/aromatic N) is 4. The minimum atomic E-state index is -0.334. The Morgan fingerprint density at radius 3 is 2.38 bits per heavy atom.